The molecule has 1 amide bonds. The summed E-state index contributed by atoms with van der Waals surface area (Å²) in [7, 11) is 1.62. The molecule has 1 saturated heterocycles. The lowest BCUT2D eigenvalue weighted by atomic mass is 10.0. The molecule has 1 aliphatic heterocycles. The minimum absolute atomic E-state index is 0.0963. The average Bonchev–Trinajstić information content (AvgIpc) is 2.49. The van der Waals surface area contributed by atoms with E-state index in [0.29, 0.717) is 17.5 Å². The highest BCUT2D eigenvalue weighted by atomic mass is 16.5. The summed E-state index contributed by atoms with van der Waals surface area (Å²) in [5.41, 5.74) is 1.74. The van der Waals surface area contributed by atoms with Crippen LogP contribution in [0.1, 0.15) is 26.7 Å². The second-order valence-electron chi connectivity index (χ2n) is 5.45. The molecule has 0 unspecified atom stereocenters. The van der Waals surface area contributed by atoms with Crippen LogP contribution < -0.4 is 15.4 Å². The van der Waals surface area contributed by atoms with Crippen molar-refractivity contribution in [2.24, 2.45) is 0 Å². The van der Waals surface area contributed by atoms with E-state index in [2.05, 4.69) is 22.5 Å². The number of rotatable bonds is 5. The molecular formula is C16H25N3O2. The van der Waals surface area contributed by atoms with Crippen LogP contribution in [0.25, 0.3) is 0 Å². The van der Waals surface area contributed by atoms with Crippen molar-refractivity contribution in [3.63, 3.8) is 0 Å². The molecule has 1 heterocycles. The molecular weight excluding hydrogens is 266 g/mol. The Morgan fingerprint density at radius 3 is 2.67 bits per heavy atom. The third kappa shape index (κ3) is 4.36. The predicted molar refractivity (Wildman–Crippen MR) is 86.1 cm³/mol. The number of nitrogens with one attached hydrogen (secondary N) is 2. The number of ether oxygens (including phenoxy) is 1. The van der Waals surface area contributed by atoms with E-state index in [1.54, 1.807) is 7.11 Å². The van der Waals surface area contributed by atoms with Crippen molar-refractivity contribution in [1.82, 2.24) is 4.90 Å². The number of anilines is 2. The molecule has 1 fully saturated rings. The maximum absolute atomic E-state index is 11.2. The van der Waals surface area contributed by atoms with E-state index < -0.39 is 0 Å². The Morgan fingerprint density at radius 1 is 1.38 bits per heavy atom. The minimum atomic E-state index is -0.0963. The summed E-state index contributed by atoms with van der Waals surface area (Å²) in [6.45, 7) is 7.13. The zero-order valence-corrected chi connectivity index (χ0v) is 13.1. The van der Waals surface area contributed by atoms with Gasteiger partial charge in [-0.25, -0.2) is 0 Å². The molecule has 116 valence electrons. The SMILES string of the molecule is CCN1CCC(Nc2ccc(NC(C)=O)c(OC)c2)CC1. The Bertz CT molecular complexity index is 482. The van der Waals surface area contributed by atoms with Gasteiger partial charge in [-0.05, 0) is 31.5 Å². The van der Waals surface area contributed by atoms with Crippen LogP contribution in [0.4, 0.5) is 11.4 Å². The summed E-state index contributed by atoms with van der Waals surface area (Å²) in [5.74, 6) is 0.585. The standard InChI is InChI=1S/C16H25N3O2/c1-4-19-9-7-13(8-10-19)18-14-5-6-15(17-12(2)20)16(11-14)21-3/h5-6,11,13,18H,4,7-10H2,1-3H3,(H,17,20). The molecule has 0 aliphatic carbocycles. The van der Waals surface area contributed by atoms with Crippen molar-refractivity contribution in [1.29, 1.82) is 0 Å². The fraction of sp³-hybridized carbons (Fsp3) is 0.562. The van der Waals surface area contributed by atoms with Gasteiger partial charge in [0.05, 0.1) is 12.8 Å². The summed E-state index contributed by atoms with van der Waals surface area (Å²) in [5, 5.41) is 6.33. The van der Waals surface area contributed by atoms with Crippen LogP contribution >= 0.6 is 0 Å². The Balaban J connectivity index is 1.99. The summed E-state index contributed by atoms with van der Waals surface area (Å²) >= 11 is 0. The van der Waals surface area contributed by atoms with Gasteiger partial charge in [0.1, 0.15) is 5.75 Å². The Kier molecular flexibility index (Phi) is 5.44. The van der Waals surface area contributed by atoms with Crippen molar-refractivity contribution in [2.75, 3.05) is 37.4 Å². The van der Waals surface area contributed by atoms with Crippen LogP contribution in [0, 0.1) is 0 Å². The van der Waals surface area contributed by atoms with E-state index in [1.165, 1.54) is 6.92 Å². The van der Waals surface area contributed by atoms with Crippen LogP contribution in [0.2, 0.25) is 0 Å². The predicted octanol–water partition coefficient (Wildman–Crippen LogP) is 2.55. The zero-order valence-electron chi connectivity index (χ0n) is 13.1. The van der Waals surface area contributed by atoms with Crippen molar-refractivity contribution < 1.29 is 9.53 Å². The number of benzene rings is 1. The number of nitrogens with zero attached hydrogens (tertiary/aromatic N) is 1. The van der Waals surface area contributed by atoms with Gasteiger partial charge in [-0.15, -0.1) is 0 Å². The number of carbonyl (C=O) groups is 1. The summed E-state index contributed by atoms with van der Waals surface area (Å²) in [4.78, 5) is 13.6. The molecule has 0 bridgehead atoms. The summed E-state index contributed by atoms with van der Waals surface area (Å²) in [6.07, 6.45) is 2.31. The summed E-state index contributed by atoms with van der Waals surface area (Å²) in [6, 6.07) is 6.31. The van der Waals surface area contributed by atoms with Gasteiger partial charge < -0.3 is 20.3 Å². The van der Waals surface area contributed by atoms with Gasteiger partial charge in [0, 0.05) is 37.8 Å². The van der Waals surface area contributed by atoms with E-state index in [0.717, 1.165) is 38.2 Å². The zero-order chi connectivity index (χ0) is 15.2. The third-order valence-electron chi connectivity index (χ3n) is 3.92. The quantitative estimate of drug-likeness (QED) is 0.875. The maximum atomic E-state index is 11.2. The van der Waals surface area contributed by atoms with Gasteiger partial charge in [0.15, 0.2) is 0 Å². The molecule has 1 aromatic rings. The number of methoxy groups -OCH3 is 1. The van der Waals surface area contributed by atoms with E-state index in [1.807, 2.05) is 18.2 Å². The maximum Gasteiger partial charge on any atom is 0.221 e. The Hall–Kier alpha value is -1.75. The van der Waals surface area contributed by atoms with Crippen LogP contribution in [-0.2, 0) is 4.79 Å². The average molecular weight is 291 g/mol. The van der Waals surface area contributed by atoms with Crippen molar-refractivity contribution in [2.45, 2.75) is 32.7 Å². The number of likely N-dealkylation sites (tertiary alicyclic amines) is 1. The normalized spacial score (nSPS) is 16.5. The monoisotopic (exact) mass is 291 g/mol. The molecule has 5 heteroatoms. The smallest absolute Gasteiger partial charge is 0.221 e. The van der Waals surface area contributed by atoms with Crippen molar-refractivity contribution in [3.05, 3.63) is 18.2 Å². The fourth-order valence-electron chi connectivity index (χ4n) is 2.70. The van der Waals surface area contributed by atoms with Gasteiger partial charge in [0.25, 0.3) is 0 Å². The largest absolute Gasteiger partial charge is 0.494 e. The molecule has 1 aromatic carbocycles. The number of carbonyl (C=O) groups excluding carboxylic acids is 1. The van der Waals surface area contributed by atoms with Crippen molar-refractivity contribution >= 4 is 17.3 Å². The second kappa shape index (κ2) is 7.31. The van der Waals surface area contributed by atoms with Crippen LogP contribution in [0.15, 0.2) is 18.2 Å². The van der Waals surface area contributed by atoms with Crippen LogP contribution in [0.3, 0.4) is 0 Å². The van der Waals surface area contributed by atoms with Crippen LogP contribution in [0.5, 0.6) is 5.75 Å². The van der Waals surface area contributed by atoms with E-state index >= 15 is 0 Å². The van der Waals surface area contributed by atoms with Gasteiger partial charge in [0.2, 0.25) is 5.91 Å². The molecule has 0 saturated carbocycles. The minimum Gasteiger partial charge on any atom is -0.494 e. The first kappa shape index (κ1) is 15.6. The lowest BCUT2D eigenvalue weighted by Gasteiger charge is -2.32. The number of amides is 1. The highest BCUT2D eigenvalue weighted by Gasteiger charge is 2.18. The lowest BCUT2D eigenvalue weighted by Crippen LogP contribution is -2.38. The third-order valence-corrected chi connectivity index (χ3v) is 3.92. The molecule has 0 spiro atoms. The van der Waals surface area contributed by atoms with E-state index in [9.17, 15) is 4.79 Å². The van der Waals surface area contributed by atoms with Crippen molar-refractivity contribution in [3.8, 4) is 5.75 Å². The lowest BCUT2D eigenvalue weighted by molar-refractivity contribution is -0.114. The highest BCUT2D eigenvalue weighted by molar-refractivity contribution is 5.90. The van der Waals surface area contributed by atoms with Gasteiger partial charge in [-0.3, -0.25) is 4.79 Å². The molecule has 2 N–H and O–H groups in total. The second-order valence-corrected chi connectivity index (χ2v) is 5.45. The first-order valence-corrected chi connectivity index (χ1v) is 7.57. The van der Waals surface area contributed by atoms with E-state index in [4.69, 9.17) is 4.74 Å². The molecule has 0 atom stereocenters. The highest BCUT2D eigenvalue weighted by Crippen LogP contribution is 2.29. The topological polar surface area (TPSA) is 53.6 Å². The van der Waals surface area contributed by atoms with Gasteiger partial charge in [-0.1, -0.05) is 6.92 Å². The van der Waals surface area contributed by atoms with Gasteiger partial charge in [-0.2, -0.15) is 0 Å². The fourth-order valence-corrected chi connectivity index (χ4v) is 2.70. The number of hydrogen-bond donors (Lipinski definition) is 2. The molecule has 1 aliphatic rings. The summed E-state index contributed by atoms with van der Waals surface area (Å²) < 4.78 is 5.35. The Morgan fingerprint density at radius 2 is 2.10 bits per heavy atom. The molecule has 0 radical (unpaired) electrons. The molecule has 21 heavy (non-hydrogen) atoms. The number of hydrogen-bond acceptors (Lipinski definition) is 4. The molecule has 2 rings (SSSR count). The van der Waals surface area contributed by atoms with Crippen LogP contribution in [-0.4, -0.2) is 43.6 Å². The molecule has 5 nitrogen and oxygen atoms in total. The van der Waals surface area contributed by atoms with E-state index in [-0.39, 0.29) is 5.91 Å². The number of piperidine rings is 1. The first-order valence-electron chi connectivity index (χ1n) is 7.57. The molecule has 0 aromatic heterocycles. The van der Waals surface area contributed by atoms with Gasteiger partial charge >= 0.3 is 0 Å². The Labute approximate surface area is 126 Å². The first-order chi connectivity index (χ1) is 10.1.